The molecule has 1 aliphatic rings. The number of hydrogen-bond acceptors (Lipinski definition) is 3. The highest BCUT2D eigenvalue weighted by atomic mass is 127. The van der Waals surface area contributed by atoms with Crippen LogP contribution in [0.15, 0.2) is 59.6 Å². The maximum atomic E-state index is 5.46. The summed E-state index contributed by atoms with van der Waals surface area (Å²) < 4.78 is 5.46. The summed E-state index contributed by atoms with van der Waals surface area (Å²) in [5, 5.41) is 3.55. The van der Waals surface area contributed by atoms with Crippen LogP contribution >= 0.6 is 24.0 Å². The summed E-state index contributed by atoms with van der Waals surface area (Å²) in [7, 11) is 5.61. The largest absolute Gasteiger partial charge is 0.496 e. The molecule has 0 aliphatic carbocycles. The molecule has 6 heteroatoms. The van der Waals surface area contributed by atoms with E-state index in [1.165, 1.54) is 12.1 Å². The Hall–Kier alpha value is -1.96. The van der Waals surface area contributed by atoms with Crippen LogP contribution in [-0.4, -0.2) is 51.7 Å². The number of rotatable bonds is 6. The molecular formula is C22H31IN4O. The fourth-order valence-corrected chi connectivity index (χ4v) is 3.66. The Morgan fingerprint density at radius 1 is 1.18 bits per heavy atom. The molecule has 5 nitrogen and oxygen atoms in total. The highest BCUT2D eigenvalue weighted by Crippen LogP contribution is 2.23. The molecule has 0 radical (unpaired) electrons. The number of hydrogen-bond donors (Lipinski definition) is 1. The van der Waals surface area contributed by atoms with Gasteiger partial charge in [0.2, 0.25) is 0 Å². The summed E-state index contributed by atoms with van der Waals surface area (Å²) in [5.41, 5.74) is 2.47. The van der Waals surface area contributed by atoms with Crippen molar-refractivity contribution in [2.75, 3.05) is 45.7 Å². The fourth-order valence-electron chi connectivity index (χ4n) is 3.66. The zero-order valence-corrected chi connectivity index (χ0v) is 19.3. The summed E-state index contributed by atoms with van der Waals surface area (Å²) in [6, 6.07) is 18.8. The summed E-state index contributed by atoms with van der Waals surface area (Å²) in [4.78, 5) is 9.06. The molecule has 1 aliphatic heterocycles. The van der Waals surface area contributed by atoms with E-state index < -0.39 is 0 Å². The number of nitrogens with zero attached hydrogens (tertiary/aromatic N) is 3. The van der Waals surface area contributed by atoms with Gasteiger partial charge in [-0.15, -0.1) is 24.0 Å². The molecule has 1 heterocycles. The fraction of sp³-hybridized carbons (Fsp3) is 0.409. The van der Waals surface area contributed by atoms with Crippen LogP contribution in [0, 0.1) is 5.92 Å². The number of guanidine groups is 1. The Morgan fingerprint density at radius 3 is 2.61 bits per heavy atom. The van der Waals surface area contributed by atoms with Gasteiger partial charge in [-0.25, -0.2) is 0 Å². The molecule has 28 heavy (non-hydrogen) atoms. The summed E-state index contributed by atoms with van der Waals surface area (Å²) in [6.07, 6.45) is 1.20. The number of nitrogens with one attached hydrogen (secondary N) is 1. The average Bonchev–Trinajstić information content (AvgIpc) is 3.18. The van der Waals surface area contributed by atoms with Crippen LogP contribution < -0.4 is 15.0 Å². The van der Waals surface area contributed by atoms with Crippen molar-refractivity contribution in [3.63, 3.8) is 0 Å². The minimum absolute atomic E-state index is 0. The lowest BCUT2D eigenvalue weighted by atomic mass is 10.1. The number of halogens is 1. The standard InChI is InChI=1S/C22H30N4O.HI/c1-23-22(25(2)17-19-9-7-8-12-21(19)27-3)24-15-18-13-14-26(16-18)20-10-5-4-6-11-20;/h4-12,18H,13-17H2,1-3H3,(H,23,24);1H. The van der Waals surface area contributed by atoms with Crippen molar-refractivity contribution < 1.29 is 4.74 Å². The van der Waals surface area contributed by atoms with Gasteiger partial charge in [0, 0.05) is 51.5 Å². The second-order valence-corrected chi connectivity index (χ2v) is 7.03. The van der Waals surface area contributed by atoms with Crippen molar-refractivity contribution in [3.05, 3.63) is 60.2 Å². The number of benzene rings is 2. The van der Waals surface area contributed by atoms with Gasteiger partial charge in [-0.1, -0.05) is 36.4 Å². The predicted molar refractivity (Wildman–Crippen MR) is 128 cm³/mol. The van der Waals surface area contributed by atoms with Gasteiger partial charge in [-0.2, -0.15) is 0 Å². The third-order valence-electron chi connectivity index (χ3n) is 5.13. The van der Waals surface area contributed by atoms with Crippen LogP contribution in [0.3, 0.4) is 0 Å². The van der Waals surface area contributed by atoms with Crippen LogP contribution in [0.5, 0.6) is 5.75 Å². The molecule has 1 saturated heterocycles. The Balaban J connectivity index is 0.00000280. The molecule has 0 amide bonds. The topological polar surface area (TPSA) is 40.1 Å². The molecule has 1 N–H and O–H groups in total. The quantitative estimate of drug-likeness (QED) is 0.377. The van der Waals surface area contributed by atoms with Gasteiger partial charge in [0.1, 0.15) is 5.75 Å². The van der Waals surface area contributed by atoms with Crippen molar-refractivity contribution in [1.82, 2.24) is 10.2 Å². The second kappa shape index (κ2) is 11.1. The number of aliphatic imine (C=N–C) groups is 1. The Labute approximate surface area is 185 Å². The first-order valence-electron chi connectivity index (χ1n) is 9.55. The molecule has 152 valence electrons. The second-order valence-electron chi connectivity index (χ2n) is 7.03. The van der Waals surface area contributed by atoms with E-state index in [0.717, 1.165) is 43.5 Å². The number of anilines is 1. The third-order valence-corrected chi connectivity index (χ3v) is 5.13. The van der Waals surface area contributed by atoms with Crippen molar-refractivity contribution in [1.29, 1.82) is 0 Å². The smallest absolute Gasteiger partial charge is 0.193 e. The molecule has 1 fully saturated rings. The van der Waals surface area contributed by atoms with E-state index in [-0.39, 0.29) is 24.0 Å². The molecule has 0 spiro atoms. The third kappa shape index (κ3) is 5.77. The lowest BCUT2D eigenvalue weighted by Gasteiger charge is -2.24. The van der Waals surface area contributed by atoms with Crippen LogP contribution in [0.25, 0.3) is 0 Å². The zero-order chi connectivity index (χ0) is 19.1. The van der Waals surface area contributed by atoms with Gasteiger partial charge >= 0.3 is 0 Å². The normalized spacial score (nSPS) is 16.5. The molecule has 2 aromatic rings. The first-order chi connectivity index (χ1) is 13.2. The maximum absolute atomic E-state index is 5.46. The zero-order valence-electron chi connectivity index (χ0n) is 17.0. The van der Waals surface area contributed by atoms with Crippen molar-refractivity contribution >= 4 is 35.6 Å². The monoisotopic (exact) mass is 494 g/mol. The molecule has 0 saturated carbocycles. The molecule has 1 atom stereocenters. The number of ether oxygens (including phenoxy) is 1. The Bertz CT molecular complexity index is 753. The van der Waals surface area contributed by atoms with Crippen LogP contribution in [0.4, 0.5) is 5.69 Å². The summed E-state index contributed by atoms with van der Waals surface area (Å²) in [6.45, 7) is 3.90. The van der Waals surface area contributed by atoms with E-state index in [1.807, 2.05) is 25.2 Å². The lowest BCUT2D eigenvalue weighted by Crippen LogP contribution is -2.41. The highest BCUT2D eigenvalue weighted by Gasteiger charge is 2.23. The van der Waals surface area contributed by atoms with E-state index in [4.69, 9.17) is 4.74 Å². The first kappa shape index (κ1) is 22.3. The van der Waals surface area contributed by atoms with Gasteiger partial charge < -0.3 is 19.9 Å². The van der Waals surface area contributed by atoms with Gasteiger partial charge in [0.05, 0.1) is 7.11 Å². The minimum atomic E-state index is 0. The van der Waals surface area contributed by atoms with E-state index in [1.54, 1.807) is 7.11 Å². The average molecular weight is 494 g/mol. The highest BCUT2D eigenvalue weighted by molar-refractivity contribution is 14.0. The van der Waals surface area contributed by atoms with E-state index >= 15 is 0 Å². The molecule has 3 rings (SSSR count). The van der Waals surface area contributed by atoms with Gasteiger partial charge in [0.25, 0.3) is 0 Å². The van der Waals surface area contributed by atoms with E-state index in [0.29, 0.717) is 5.92 Å². The van der Waals surface area contributed by atoms with Crippen LogP contribution in [0.1, 0.15) is 12.0 Å². The van der Waals surface area contributed by atoms with Gasteiger partial charge in [-0.3, -0.25) is 4.99 Å². The van der Waals surface area contributed by atoms with E-state index in [9.17, 15) is 0 Å². The summed E-state index contributed by atoms with van der Waals surface area (Å²) in [5.74, 6) is 2.45. The SMILES string of the molecule is CN=C(NCC1CCN(c2ccccc2)C1)N(C)Cc1ccccc1OC.I. The molecule has 1 unspecified atom stereocenters. The number of para-hydroxylation sites is 2. The van der Waals surface area contributed by atoms with Gasteiger partial charge in [-0.05, 0) is 30.5 Å². The van der Waals surface area contributed by atoms with Crippen molar-refractivity contribution in [2.24, 2.45) is 10.9 Å². The van der Waals surface area contributed by atoms with Gasteiger partial charge in [0.15, 0.2) is 5.96 Å². The maximum Gasteiger partial charge on any atom is 0.193 e. The molecule has 0 bridgehead atoms. The minimum Gasteiger partial charge on any atom is -0.496 e. The Kier molecular flexibility index (Phi) is 8.89. The lowest BCUT2D eigenvalue weighted by molar-refractivity contribution is 0.395. The first-order valence-corrected chi connectivity index (χ1v) is 9.55. The summed E-state index contributed by atoms with van der Waals surface area (Å²) >= 11 is 0. The number of methoxy groups -OCH3 is 1. The van der Waals surface area contributed by atoms with Crippen LogP contribution in [0.2, 0.25) is 0 Å². The van der Waals surface area contributed by atoms with Crippen molar-refractivity contribution in [2.45, 2.75) is 13.0 Å². The van der Waals surface area contributed by atoms with Crippen LogP contribution in [-0.2, 0) is 6.54 Å². The molecular weight excluding hydrogens is 463 g/mol. The Morgan fingerprint density at radius 2 is 1.89 bits per heavy atom. The predicted octanol–water partition coefficient (Wildman–Crippen LogP) is 3.85. The van der Waals surface area contributed by atoms with Crippen molar-refractivity contribution in [3.8, 4) is 5.75 Å². The molecule has 0 aromatic heterocycles. The van der Waals surface area contributed by atoms with E-state index in [2.05, 4.69) is 63.6 Å². The molecule has 2 aromatic carbocycles.